The summed E-state index contributed by atoms with van der Waals surface area (Å²) < 4.78 is 26.8. The highest BCUT2D eigenvalue weighted by molar-refractivity contribution is 7.47. The fraction of sp³-hybridized carbons (Fsp3) is 0.864. The molecule has 0 bridgehead atoms. The van der Waals surface area contributed by atoms with Gasteiger partial charge >= 0.3 is 13.8 Å². The van der Waals surface area contributed by atoms with Crippen LogP contribution in [0.5, 0.6) is 0 Å². The van der Waals surface area contributed by atoms with Gasteiger partial charge in [-0.1, -0.05) is 179 Å². The summed E-state index contributed by atoms with van der Waals surface area (Å²) in [5.41, 5.74) is 0. The van der Waals surface area contributed by atoms with Crippen LogP contribution in [0, 0.1) is 0 Å². The fourth-order valence-corrected chi connectivity index (χ4v) is 6.99. The largest absolute Gasteiger partial charge is 0.472 e. The third-order valence-corrected chi connectivity index (χ3v) is 10.6. The molecule has 2 atom stereocenters. The molecule has 9 nitrogen and oxygen atoms in total. The van der Waals surface area contributed by atoms with Crippen LogP contribution in [0.1, 0.15) is 213 Å². The molecule has 10 heteroatoms. The molecule has 0 aromatic heterocycles. The normalized spacial score (nSPS) is 13.5. The monoisotopic (exact) mass is 786 g/mol. The molecule has 0 saturated carbocycles. The number of allylic oxidation sites excluding steroid dienone is 4. The van der Waals surface area contributed by atoms with E-state index in [1.165, 1.54) is 141 Å². The van der Waals surface area contributed by atoms with E-state index in [4.69, 9.17) is 13.8 Å². The third-order valence-electron chi connectivity index (χ3n) is 9.63. The van der Waals surface area contributed by atoms with Gasteiger partial charge in [-0.2, -0.15) is 0 Å². The molecule has 0 heterocycles. The molecule has 0 saturated heterocycles. The van der Waals surface area contributed by atoms with Crippen molar-refractivity contribution in [2.24, 2.45) is 0 Å². The molecule has 0 fully saturated rings. The van der Waals surface area contributed by atoms with E-state index in [0.29, 0.717) is 6.42 Å². The second-order valence-corrected chi connectivity index (χ2v) is 16.5. The molecule has 2 unspecified atom stereocenters. The number of rotatable bonds is 42. The lowest BCUT2D eigenvalue weighted by molar-refractivity contribution is -0.147. The minimum absolute atomic E-state index is 0.0839. The number of phosphoric ester groups is 1. The average molecular weight is 786 g/mol. The molecule has 0 radical (unpaired) electrons. The first-order valence-electron chi connectivity index (χ1n) is 22.3. The maximum Gasteiger partial charge on any atom is 0.472 e. The Hall–Kier alpha value is -1.51. The minimum atomic E-state index is -4.41. The number of ether oxygens (including phenoxy) is 1. The number of aliphatic hydroxyl groups is 1. The van der Waals surface area contributed by atoms with Crippen LogP contribution < -0.4 is 5.32 Å². The number of hydrogen-bond acceptors (Lipinski definition) is 7. The van der Waals surface area contributed by atoms with Crippen LogP contribution in [0.3, 0.4) is 0 Å². The van der Waals surface area contributed by atoms with Gasteiger partial charge in [0.1, 0.15) is 12.7 Å². The van der Waals surface area contributed by atoms with Crippen LogP contribution in [0.4, 0.5) is 0 Å². The first-order valence-corrected chi connectivity index (χ1v) is 23.8. The number of unbranched alkanes of at least 4 members (excludes halogenated alkanes) is 25. The summed E-state index contributed by atoms with van der Waals surface area (Å²) in [5, 5.41) is 12.7. The zero-order valence-electron chi connectivity index (χ0n) is 34.9. The lowest BCUT2D eigenvalue weighted by atomic mass is 10.0. The van der Waals surface area contributed by atoms with Gasteiger partial charge in [0.2, 0.25) is 5.91 Å². The summed E-state index contributed by atoms with van der Waals surface area (Å²) in [6, 6.07) is 0. The van der Waals surface area contributed by atoms with E-state index in [0.717, 1.165) is 44.9 Å². The molecule has 0 aliphatic carbocycles. The second kappa shape index (κ2) is 41.1. The summed E-state index contributed by atoms with van der Waals surface area (Å²) in [7, 11) is -4.41. The third kappa shape index (κ3) is 41.6. The van der Waals surface area contributed by atoms with Crippen molar-refractivity contribution in [1.82, 2.24) is 5.32 Å². The lowest BCUT2D eigenvalue weighted by Gasteiger charge is -2.15. The van der Waals surface area contributed by atoms with E-state index < -0.39 is 26.5 Å². The Morgan fingerprint density at radius 3 is 1.52 bits per heavy atom. The highest BCUT2D eigenvalue weighted by atomic mass is 31.2. The number of amides is 1. The van der Waals surface area contributed by atoms with E-state index in [9.17, 15) is 24.2 Å². The topological polar surface area (TPSA) is 131 Å². The lowest BCUT2D eigenvalue weighted by Crippen LogP contribution is -2.27. The standard InChI is InChI=1S/C44H84NO8P/c1-3-5-7-9-11-13-15-16-17-18-19-20-21-22-23-24-25-26-27-28-30-32-34-36-43(47)45-38-39-52-54(49,50)53-41-42(46)40-51-44(48)37-35-33-31-29-14-12-10-8-6-4-2/h11,13,16-17,42,46H,3-10,12,14-15,18-41H2,1-2H3,(H,45,47)(H,49,50)/b13-11-,17-16-. The maximum atomic E-state index is 12.1. The zero-order valence-corrected chi connectivity index (χ0v) is 35.8. The van der Waals surface area contributed by atoms with E-state index in [1.807, 2.05) is 0 Å². The molecule has 0 aliphatic heterocycles. The van der Waals surface area contributed by atoms with Crippen LogP contribution in [0.25, 0.3) is 0 Å². The minimum Gasteiger partial charge on any atom is -0.463 e. The Bertz CT molecular complexity index is 944. The summed E-state index contributed by atoms with van der Waals surface area (Å²) in [6.45, 7) is 3.53. The van der Waals surface area contributed by atoms with Crippen LogP contribution in [-0.4, -0.2) is 54.3 Å². The van der Waals surface area contributed by atoms with Crippen molar-refractivity contribution >= 4 is 19.7 Å². The van der Waals surface area contributed by atoms with E-state index >= 15 is 0 Å². The van der Waals surface area contributed by atoms with E-state index in [1.54, 1.807) is 0 Å². The molecule has 3 N–H and O–H groups in total. The van der Waals surface area contributed by atoms with Gasteiger partial charge in [-0.25, -0.2) is 4.57 Å². The van der Waals surface area contributed by atoms with Crippen molar-refractivity contribution in [3.8, 4) is 0 Å². The highest BCUT2D eigenvalue weighted by Gasteiger charge is 2.23. The van der Waals surface area contributed by atoms with Crippen molar-refractivity contribution in [3.05, 3.63) is 24.3 Å². The molecule has 0 aliphatic rings. The van der Waals surface area contributed by atoms with E-state index in [2.05, 4.69) is 43.5 Å². The van der Waals surface area contributed by atoms with Crippen molar-refractivity contribution < 1.29 is 37.9 Å². The number of esters is 1. The quantitative estimate of drug-likeness (QED) is 0.0241. The first-order chi connectivity index (χ1) is 26.3. The van der Waals surface area contributed by atoms with Crippen molar-refractivity contribution in [2.75, 3.05) is 26.4 Å². The first kappa shape index (κ1) is 52.5. The van der Waals surface area contributed by atoms with Crippen LogP contribution >= 0.6 is 7.82 Å². The van der Waals surface area contributed by atoms with E-state index in [-0.39, 0.29) is 32.1 Å². The molecular formula is C44H84NO8P. The molecular weight excluding hydrogens is 701 g/mol. The average Bonchev–Trinajstić information content (AvgIpc) is 3.16. The number of nitrogens with one attached hydrogen (secondary N) is 1. The smallest absolute Gasteiger partial charge is 0.463 e. The Labute approximate surface area is 331 Å². The molecule has 54 heavy (non-hydrogen) atoms. The molecule has 0 spiro atoms. The van der Waals surface area contributed by atoms with Gasteiger partial charge in [0.05, 0.1) is 13.2 Å². The van der Waals surface area contributed by atoms with Crippen molar-refractivity contribution in [1.29, 1.82) is 0 Å². The molecule has 0 aromatic rings. The Morgan fingerprint density at radius 1 is 0.574 bits per heavy atom. The van der Waals surface area contributed by atoms with Crippen molar-refractivity contribution in [3.63, 3.8) is 0 Å². The van der Waals surface area contributed by atoms with Gasteiger partial charge < -0.3 is 20.1 Å². The maximum absolute atomic E-state index is 12.1. The molecule has 1 amide bonds. The molecule has 0 rings (SSSR count). The number of phosphoric acid groups is 1. The molecule has 318 valence electrons. The summed E-state index contributed by atoms with van der Waals surface area (Å²) in [6.07, 6.45) is 44.0. The molecule has 0 aromatic carbocycles. The second-order valence-electron chi connectivity index (χ2n) is 15.0. The summed E-state index contributed by atoms with van der Waals surface area (Å²) >= 11 is 0. The van der Waals surface area contributed by atoms with Crippen LogP contribution in [0.15, 0.2) is 24.3 Å². The van der Waals surface area contributed by atoms with Crippen LogP contribution in [-0.2, 0) is 27.9 Å². The summed E-state index contributed by atoms with van der Waals surface area (Å²) in [5.74, 6) is -0.513. The van der Waals surface area contributed by atoms with Gasteiger partial charge in [0.25, 0.3) is 0 Å². The fourth-order valence-electron chi connectivity index (χ4n) is 6.23. The highest BCUT2D eigenvalue weighted by Crippen LogP contribution is 2.42. The number of carbonyl (C=O) groups excluding carboxylic acids is 2. The number of hydrogen-bond donors (Lipinski definition) is 3. The van der Waals surface area contributed by atoms with Gasteiger partial charge in [-0.15, -0.1) is 0 Å². The predicted molar refractivity (Wildman–Crippen MR) is 224 cm³/mol. The Balaban J connectivity index is 3.53. The number of aliphatic hydroxyl groups excluding tert-OH is 1. The van der Waals surface area contributed by atoms with Crippen LogP contribution in [0.2, 0.25) is 0 Å². The van der Waals surface area contributed by atoms with Gasteiger partial charge in [0, 0.05) is 19.4 Å². The Kier molecular flexibility index (Phi) is 40.0. The van der Waals surface area contributed by atoms with Gasteiger partial charge in [-0.3, -0.25) is 18.6 Å². The predicted octanol–water partition coefficient (Wildman–Crippen LogP) is 12.4. The SMILES string of the molecule is CCCCC/C=C\C/C=C\CCCCCCCCCCCCCCCC(=O)NCCOP(=O)(O)OCC(O)COC(=O)CCCCCCCCCCCC. The summed E-state index contributed by atoms with van der Waals surface area (Å²) in [4.78, 5) is 33.8. The van der Waals surface area contributed by atoms with Gasteiger partial charge in [0.15, 0.2) is 0 Å². The van der Waals surface area contributed by atoms with Gasteiger partial charge in [-0.05, 0) is 44.9 Å². The number of carbonyl (C=O) groups is 2. The zero-order chi connectivity index (χ0) is 39.6. The van der Waals surface area contributed by atoms with Crippen molar-refractivity contribution in [2.45, 2.75) is 219 Å². The Morgan fingerprint density at radius 2 is 1.00 bits per heavy atom.